The average molecular weight is 488 g/mol. The number of aryl methyl sites for hydroxylation is 1. The van der Waals surface area contributed by atoms with E-state index in [0.717, 1.165) is 42.6 Å². The van der Waals surface area contributed by atoms with E-state index < -0.39 is 0 Å². The Morgan fingerprint density at radius 3 is 2.73 bits per heavy atom. The third-order valence-electron chi connectivity index (χ3n) is 4.01. The molecule has 1 unspecified atom stereocenters. The van der Waals surface area contributed by atoms with Gasteiger partial charge in [0.15, 0.2) is 5.96 Å². The molecule has 1 heterocycles. The van der Waals surface area contributed by atoms with E-state index in [1.165, 1.54) is 5.56 Å². The van der Waals surface area contributed by atoms with Gasteiger partial charge in [-0.3, -0.25) is 4.99 Å². The van der Waals surface area contributed by atoms with Gasteiger partial charge in [-0.25, -0.2) is 4.98 Å². The van der Waals surface area contributed by atoms with E-state index in [1.807, 2.05) is 21.0 Å². The van der Waals surface area contributed by atoms with Crippen LogP contribution in [0.5, 0.6) is 0 Å². The van der Waals surface area contributed by atoms with Crippen molar-refractivity contribution in [3.05, 3.63) is 52.0 Å². The molecule has 7 heteroatoms. The van der Waals surface area contributed by atoms with Crippen LogP contribution in [0.25, 0.3) is 0 Å². The lowest BCUT2D eigenvalue weighted by molar-refractivity contribution is 0.119. The minimum absolute atomic E-state index is 0. The Morgan fingerprint density at radius 2 is 2.08 bits per heavy atom. The lowest BCUT2D eigenvalue weighted by Crippen LogP contribution is -2.39. The molecule has 1 aromatic carbocycles. The molecular formula is C19H29IN4OS. The maximum absolute atomic E-state index is 5.32. The lowest BCUT2D eigenvalue weighted by Gasteiger charge is -2.21. The first-order chi connectivity index (χ1) is 12.1. The summed E-state index contributed by atoms with van der Waals surface area (Å²) in [6.45, 7) is 3.64. The summed E-state index contributed by atoms with van der Waals surface area (Å²) in [5.41, 5.74) is 2.41. The number of halogens is 1. The van der Waals surface area contributed by atoms with Gasteiger partial charge in [0.1, 0.15) is 11.1 Å². The van der Waals surface area contributed by atoms with Gasteiger partial charge in [-0.15, -0.1) is 35.3 Å². The largest absolute Gasteiger partial charge is 0.375 e. The summed E-state index contributed by atoms with van der Waals surface area (Å²) in [7, 11) is 5.56. The van der Waals surface area contributed by atoms with Gasteiger partial charge in [0.25, 0.3) is 0 Å². The Bertz CT molecular complexity index is 663. The second kappa shape index (κ2) is 12.2. The van der Waals surface area contributed by atoms with Crippen molar-refractivity contribution in [3.63, 3.8) is 0 Å². The number of aliphatic imine (C=N–C) groups is 1. The van der Waals surface area contributed by atoms with Crippen LogP contribution in [0.2, 0.25) is 0 Å². The topological polar surface area (TPSA) is 49.8 Å². The van der Waals surface area contributed by atoms with Gasteiger partial charge >= 0.3 is 0 Å². The molecule has 0 radical (unpaired) electrons. The molecule has 0 spiro atoms. The number of benzene rings is 1. The summed E-state index contributed by atoms with van der Waals surface area (Å²) in [4.78, 5) is 11.1. The van der Waals surface area contributed by atoms with Crippen molar-refractivity contribution in [2.75, 3.05) is 27.7 Å². The fourth-order valence-corrected chi connectivity index (χ4v) is 3.36. The summed E-state index contributed by atoms with van der Waals surface area (Å²) in [5.74, 6) is 0.891. The highest BCUT2D eigenvalue weighted by molar-refractivity contribution is 14.0. The second-order valence-corrected chi connectivity index (χ2v) is 6.86. The van der Waals surface area contributed by atoms with Crippen LogP contribution in [0, 0.1) is 0 Å². The molecular weight excluding hydrogens is 459 g/mol. The number of thiazole rings is 1. The van der Waals surface area contributed by atoms with Crippen LogP contribution < -0.4 is 5.32 Å². The lowest BCUT2D eigenvalue weighted by atomic mass is 10.1. The van der Waals surface area contributed by atoms with Crippen LogP contribution >= 0.6 is 35.3 Å². The maximum atomic E-state index is 5.32. The maximum Gasteiger partial charge on any atom is 0.193 e. The van der Waals surface area contributed by atoms with Crippen molar-refractivity contribution < 1.29 is 4.74 Å². The second-order valence-electron chi connectivity index (χ2n) is 5.97. The Morgan fingerprint density at radius 1 is 1.35 bits per heavy atom. The Hall–Kier alpha value is -1.19. The van der Waals surface area contributed by atoms with E-state index in [1.54, 1.807) is 18.4 Å². The van der Waals surface area contributed by atoms with E-state index in [2.05, 4.69) is 55.9 Å². The molecule has 26 heavy (non-hydrogen) atoms. The van der Waals surface area contributed by atoms with E-state index in [-0.39, 0.29) is 30.1 Å². The Labute approximate surface area is 177 Å². The van der Waals surface area contributed by atoms with Gasteiger partial charge in [-0.1, -0.05) is 30.3 Å². The molecule has 0 bridgehead atoms. The van der Waals surface area contributed by atoms with Crippen molar-refractivity contribution in [1.82, 2.24) is 15.2 Å². The highest BCUT2D eigenvalue weighted by Crippen LogP contribution is 2.20. The van der Waals surface area contributed by atoms with Gasteiger partial charge in [0.05, 0.1) is 12.2 Å². The molecule has 0 fully saturated rings. The van der Waals surface area contributed by atoms with Gasteiger partial charge in [-0.05, 0) is 25.3 Å². The van der Waals surface area contributed by atoms with E-state index in [4.69, 9.17) is 4.74 Å². The molecule has 0 aliphatic rings. The highest BCUT2D eigenvalue weighted by atomic mass is 127. The first-order valence-electron chi connectivity index (χ1n) is 8.56. The van der Waals surface area contributed by atoms with Crippen molar-refractivity contribution in [2.24, 2.45) is 4.99 Å². The zero-order chi connectivity index (χ0) is 18.1. The number of nitrogens with one attached hydrogen (secondary N) is 1. The van der Waals surface area contributed by atoms with Crippen LogP contribution in [-0.4, -0.2) is 43.6 Å². The molecule has 0 saturated heterocycles. The summed E-state index contributed by atoms with van der Waals surface area (Å²) >= 11 is 1.64. The smallest absolute Gasteiger partial charge is 0.193 e. The fraction of sp³-hybridized carbons (Fsp3) is 0.474. The van der Waals surface area contributed by atoms with Gasteiger partial charge in [0.2, 0.25) is 0 Å². The number of hydrogen-bond acceptors (Lipinski definition) is 4. The molecule has 1 N–H and O–H groups in total. The summed E-state index contributed by atoms with van der Waals surface area (Å²) < 4.78 is 5.32. The molecule has 0 aliphatic carbocycles. The number of hydrogen-bond donors (Lipinski definition) is 1. The Kier molecular flexibility index (Phi) is 10.8. The summed E-state index contributed by atoms with van der Waals surface area (Å²) in [6, 6.07) is 10.6. The van der Waals surface area contributed by atoms with Gasteiger partial charge in [-0.2, -0.15) is 0 Å². The van der Waals surface area contributed by atoms with Gasteiger partial charge in [0, 0.05) is 33.1 Å². The number of ether oxygens (including phenoxy) is 1. The van der Waals surface area contributed by atoms with Crippen molar-refractivity contribution >= 4 is 41.3 Å². The SMILES string of the molecule is CN=C(NCCCc1ccccc1)N(C)Cc1csc(C(C)OC)n1.I. The number of methoxy groups -OCH3 is 1. The summed E-state index contributed by atoms with van der Waals surface area (Å²) in [5, 5.41) is 6.53. The third kappa shape index (κ3) is 7.20. The van der Waals surface area contributed by atoms with E-state index >= 15 is 0 Å². The van der Waals surface area contributed by atoms with Crippen LogP contribution in [0.3, 0.4) is 0 Å². The number of rotatable bonds is 8. The van der Waals surface area contributed by atoms with Crippen LogP contribution in [0.15, 0.2) is 40.7 Å². The average Bonchev–Trinajstić information content (AvgIpc) is 3.10. The molecule has 0 amide bonds. The molecule has 1 aromatic heterocycles. The molecule has 144 valence electrons. The predicted molar refractivity (Wildman–Crippen MR) is 121 cm³/mol. The minimum atomic E-state index is 0. The van der Waals surface area contributed by atoms with Crippen molar-refractivity contribution in [1.29, 1.82) is 0 Å². The van der Waals surface area contributed by atoms with Crippen LogP contribution in [-0.2, 0) is 17.7 Å². The number of guanidine groups is 1. The van der Waals surface area contributed by atoms with E-state index in [0.29, 0.717) is 0 Å². The summed E-state index contributed by atoms with van der Waals surface area (Å²) in [6.07, 6.45) is 2.18. The van der Waals surface area contributed by atoms with E-state index in [9.17, 15) is 0 Å². The van der Waals surface area contributed by atoms with Crippen molar-refractivity contribution in [3.8, 4) is 0 Å². The molecule has 2 aromatic rings. The Balaban J connectivity index is 0.00000338. The monoisotopic (exact) mass is 488 g/mol. The fourth-order valence-electron chi connectivity index (χ4n) is 2.52. The van der Waals surface area contributed by atoms with Crippen LogP contribution in [0.1, 0.15) is 35.7 Å². The normalized spacial score (nSPS) is 12.4. The first-order valence-corrected chi connectivity index (χ1v) is 9.44. The highest BCUT2D eigenvalue weighted by Gasteiger charge is 2.12. The standard InChI is InChI=1S/C19H28N4OS.HI/c1-15(24-4)18-22-17(14-25-18)13-23(3)19(20-2)21-12-8-11-16-9-6-5-7-10-16;/h5-7,9-10,14-15H,8,11-13H2,1-4H3,(H,20,21);1H. The molecule has 1 atom stereocenters. The molecule has 2 rings (SSSR count). The zero-order valence-electron chi connectivity index (χ0n) is 15.9. The molecule has 0 saturated carbocycles. The van der Waals surface area contributed by atoms with Crippen LogP contribution in [0.4, 0.5) is 0 Å². The quantitative estimate of drug-likeness (QED) is 0.263. The van der Waals surface area contributed by atoms with Crippen molar-refractivity contribution in [2.45, 2.75) is 32.4 Å². The predicted octanol–water partition coefficient (Wildman–Crippen LogP) is 4.11. The first kappa shape index (κ1) is 22.9. The van der Waals surface area contributed by atoms with Gasteiger partial charge < -0.3 is 15.0 Å². The minimum Gasteiger partial charge on any atom is -0.375 e. The third-order valence-corrected chi connectivity index (χ3v) is 5.07. The number of aromatic nitrogens is 1. The number of nitrogens with zero attached hydrogens (tertiary/aromatic N) is 3. The zero-order valence-corrected chi connectivity index (χ0v) is 19.1. The molecule has 0 aliphatic heterocycles. The molecule has 5 nitrogen and oxygen atoms in total.